The summed E-state index contributed by atoms with van der Waals surface area (Å²) in [5.41, 5.74) is 2.05. The van der Waals surface area contributed by atoms with Crippen molar-refractivity contribution in [2.45, 2.75) is 45.6 Å². The van der Waals surface area contributed by atoms with Crippen molar-refractivity contribution < 1.29 is 0 Å². The molecule has 0 amide bonds. The first kappa shape index (κ1) is 16.0. The van der Waals surface area contributed by atoms with Crippen molar-refractivity contribution in [3.8, 4) is 0 Å². The Kier molecular flexibility index (Phi) is 4.96. The molecular formula is C17H22ClN5. The third-order valence-corrected chi connectivity index (χ3v) is 4.60. The Morgan fingerprint density at radius 1 is 1.35 bits per heavy atom. The van der Waals surface area contributed by atoms with E-state index in [4.69, 9.17) is 11.6 Å². The second kappa shape index (κ2) is 7.13. The van der Waals surface area contributed by atoms with Gasteiger partial charge in [0.1, 0.15) is 0 Å². The molecule has 1 saturated heterocycles. The zero-order valence-corrected chi connectivity index (χ0v) is 14.3. The van der Waals surface area contributed by atoms with Crippen molar-refractivity contribution in [3.63, 3.8) is 0 Å². The summed E-state index contributed by atoms with van der Waals surface area (Å²) in [6.07, 6.45) is 6.42. The molecule has 1 aromatic carbocycles. The minimum atomic E-state index is 0.508. The van der Waals surface area contributed by atoms with E-state index >= 15 is 0 Å². The lowest BCUT2D eigenvalue weighted by atomic mass is 10.0. The molecule has 0 bridgehead atoms. The second-order valence-electron chi connectivity index (χ2n) is 5.98. The molecule has 3 rings (SSSR count). The summed E-state index contributed by atoms with van der Waals surface area (Å²) in [7, 11) is 0. The largest absolute Gasteiger partial charge is 0.339 e. The average Bonchev–Trinajstić information content (AvgIpc) is 2.58. The van der Waals surface area contributed by atoms with Gasteiger partial charge in [0, 0.05) is 23.3 Å². The zero-order valence-electron chi connectivity index (χ0n) is 13.6. The molecule has 23 heavy (non-hydrogen) atoms. The molecule has 1 aromatic heterocycles. The Morgan fingerprint density at radius 3 is 3.04 bits per heavy atom. The molecule has 5 nitrogen and oxygen atoms in total. The number of rotatable bonds is 4. The number of benzene rings is 1. The summed E-state index contributed by atoms with van der Waals surface area (Å²) in [5.74, 6) is 1.40. The predicted molar refractivity (Wildman–Crippen MR) is 94.6 cm³/mol. The number of aromatic nitrogens is 3. The van der Waals surface area contributed by atoms with Gasteiger partial charge >= 0.3 is 0 Å². The van der Waals surface area contributed by atoms with E-state index in [1.54, 1.807) is 6.20 Å². The summed E-state index contributed by atoms with van der Waals surface area (Å²) < 4.78 is 0. The van der Waals surface area contributed by atoms with Crippen LogP contribution in [0.2, 0.25) is 5.02 Å². The third kappa shape index (κ3) is 3.72. The van der Waals surface area contributed by atoms with Gasteiger partial charge in [-0.25, -0.2) is 0 Å². The van der Waals surface area contributed by atoms with E-state index in [2.05, 4.69) is 32.3 Å². The van der Waals surface area contributed by atoms with Gasteiger partial charge in [0.05, 0.1) is 6.20 Å². The monoisotopic (exact) mass is 331 g/mol. The van der Waals surface area contributed by atoms with Crippen LogP contribution in [0.5, 0.6) is 0 Å². The summed E-state index contributed by atoms with van der Waals surface area (Å²) in [4.78, 5) is 6.94. The Balaban J connectivity index is 1.83. The lowest BCUT2D eigenvalue weighted by molar-refractivity contribution is 0.442. The minimum Gasteiger partial charge on any atom is -0.339 e. The highest BCUT2D eigenvalue weighted by Gasteiger charge is 2.23. The summed E-state index contributed by atoms with van der Waals surface area (Å²) in [6, 6.07) is 6.27. The van der Waals surface area contributed by atoms with Gasteiger partial charge in [-0.1, -0.05) is 24.6 Å². The SMILES string of the molecule is CCC1CCCCN1c1nncc(Nc2cc(Cl)ccc2C)n1. The van der Waals surface area contributed by atoms with Gasteiger partial charge in [-0.3, -0.25) is 0 Å². The zero-order chi connectivity index (χ0) is 16.2. The normalized spacial score (nSPS) is 18.0. The molecule has 0 spiro atoms. The van der Waals surface area contributed by atoms with Crippen LogP contribution in [0.25, 0.3) is 0 Å². The topological polar surface area (TPSA) is 53.9 Å². The number of aryl methyl sites for hydroxylation is 1. The van der Waals surface area contributed by atoms with Gasteiger partial charge in [-0.15, -0.1) is 5.10 Å². The number of nitrogens with one attached hydrogen (secondary N) is 1. The van der Waals surface area contributed by atoms with Gasteiger partial charge in [-0.05, 0) is 50.3 Å². The third-order valence-electron chi connectivity index (χ3n) is 4.37. The first-order valence-electron chi connectivity index (χ1n) is 8.17. The highest BCUT2D eigenvalue weighted by Crippen LogP contribution is 2.26. The molecule has 1 fully saturated rings. The van der Waals surface area contributed by atoms with Crippen LogP contribution >= 0.6 is 11.6 Å². The molecule has 0 saturated carbocycles. The number of piperidine rings is 1. The molecule has 1 N–H and O–H groups in total. The maximum Gasteiger partial charge on any atom is 0.247 e. The Labute approximate surface area is 142 Å². The molecule has 1 aliphatic heterocycles. The maximum absolute atomic E-state index is 6.08. The van der Waals surface area contributed by atoms with E-state index in [-0.39, 0.29) is 0 Å². The van der Waals surface area contributed by atoms with E-state index in [9.17, 15) is 0 Å². The van der Waals surface area contributed by atoms with E-state index in [0.717, 1.165) is 24.2 Å². The smallest absolute Gasteiger partial charge is 0.247 e. The van der Waals surface area contributed by atoms with Crippen molar-refractivity contribution in [1.29, 1.82) is 0 Å². The quantitative estimate of drug-likeness (QED) is 0.902. The van der Waals surface area contributed by atoms with Gasteiger partial charge in [-0.2, -0.15) is 10.1 Å². The average molecular weight is 332 g/mol. The van der Waals surface area contributed by atoms with Crippen LogP contribution in [0, 0.1) is 6.92 Å². The second-order valence-corrected chi connectivity index (χ2v) is 6.41. The van der Waals surface area contributed by atoms with Crippen LogP contribution in [0.4, 0.5) is 17.5 Å². The Bertz CT molecular complexity index is 676. The molecule has 6 heteroatoms. The first-order chi connectivity index (χ1) is 11.2. The van der Waals surface area contributed by atoms with E-state index in [0.29, 0.717) is 22.8 Å². The van der Waals surface area contributed by atoms with Crippen molar-refractivity contribution in [1.82, 2.24) is 15.2 Å². The predicted octanol–water partition coefficient (Wildman–Crippen LogP) is 4.35. The Morgan fingerprint density at radius 2 is 2.22 bits per heavy atom. The van der Waals surface area contributed by atoms with Crippen molar-refractivity contribution in [3.05, 3.63) is 35.0 Å². The molecule has 1 aliphatic rings. The standard InChI is InChI=1S/C17H22ClN5/c1-3-14-6-4-5-9-23(14)17-21-16(11-19-22-17)20-15-10-13(18)8-7-12(15)2/h7-8,10-11,14H,3-6,9H2,1-2H3,(H,20,21,22). The van der Waals surface area contributed by atoms with Crippen LogP contribution in [0.1, 0.15) is 38.2 Å². The minimum absolute atomic E-state index is 0.508. The number of hydrogen-bond acceptors (Lipinski definition) is 5. The molecule has 1 unspecified atom stereocenters. The van der Waals surface area contributed by atoms with Crippen LogP contribution in [-0.2, 0) is 0 Å². The van der Waals surface area contributed by atoms with E-state index < -0.39 is 0 Å². The molecule has 0 aliphatic carbocycles. The highest BCUT2D eigenvalue weighted by molar-refractivity contribution is 6.30. The molecule has 2 aromatic rings. The number of hydrogen-bond donors (Lipinski definition) is 1. The number of nitrogens with zero attached hydrogens (tertiary/aromatic N) is 4. The van der Waals surface area contributed by atoms with E-state index in [1.807, 2.05) is 25.1 Å². The summed E-state index contributed by atoms with van der Waals surface area (Å²) >= 11 is 6.08. The maximum atomic E-state index is 6.08. The van der Waals surface area contributed by atoms with Crippen LogP contribution < -0.4 is 10.2 Å². The van der Waals surface area contributed by atoms with Crippen molar-refractivity contribution >= 4 is 29.1 Å². The van der Waals surface area contributed by atoms with Gasteiger partial charge < -0.3 is 10.2 Å². The molecular weight excluding hydrogens is 310 g/mol. The van der Waals surface area contributed by atoms with Gasteiger partial charge in [0.2, 0.25) is 5.95 Å². The van der Waals surface area contributed by atoms with Crippen molar-refractivity contribution in [2.75, 3.05) is 16.8 Å². The summed E-state index contributed by atoms with van der Waals surface area (Å²) in [5, 5.41) is 12.4. The van der Waals surface area contributed by atoms with Crippen molar-refractivity contribution in [2.24, 2.45) is 0 Å². The lowest BCUT2D eigenvalue weighted by Crippen LogP contribution is -2.40. The number of halogens is 1. The molecule has 1 atom stereocenters. The van der Waals surface area contributed by atoms with Crippen LogP contribution in [-0.4, -0.2) is 27.8 Å². The fraction of sp³-hybridized carbons (Fsp3) is 0.471. The first-order valence-corrected chi connectivity index (χ1v) is 8.54. The Hall–Kier alpha value is -1.88. The molecule has 2 heterocycles. The van der Waals surface area contributed by atoms with E-state index in [1.165, 1.54) is 19.3 Å². The van der Waals surface area contributed by atoms with Crippen LogP contribution in [0.15, 0.2) is 24.4 Å². The fourth-order valence-corrected chi connectivity index (χ4v) is 3.20. The fourth-order valence-electron chi connectivity index (χ4n) is 3.03. The highest BCUT2D eigenvalue weighted by atomic mass is 35.5. The van der Waals surface area contributed by atoms with Gasteiger partial charge in [0.15, 0.2) is 5.82 Å². The number of anilines is 3. The van der Waals surface area contributed by atoms with Gasteiger partial charge in [0.25, 0.3) is 0 Å². The molecule has 0 radical (unpaired) electrons. The lowest BCUT2D eigenvalue weighted by Gasteiger charge is -2.34. The van der Waals surface area contributed by atoms with Crippen LogP contribution in [0.3, 0.4) is 0 Å². The summed E-state index contributed by atoms with van der Waals surface area (Å²) in [6.45, 7) is 5.25. The molecule has 122 valence electrons.